The first-order chi connectivity index (χ1) is 17.7. The highest BCUT2D eigenvalue weighted by molar-refractivity contribution is 5.90. The lowest BCUT2D eigenvalue weighted by Gasteiger charge is -2.17. The fourth-order valence-corrected chi connectivity index (χ4v) is 4.35. The van der Waals surface area contributed by atoms with Crippen LogP contribution < -0.4 is 16.0 Å². The van der Waals surface area contributed by atoms with Crippen LogP contribution in [0.1, 0.15) is 18.4 Å². The molecule has 0 bridgehead atoms. The van der Waals surface area contributed by atoms with Gasteiger partial charge in [-0.25, -0.2) is 4.79 Å². The molecule has 0 aromatic heterocycles. The van der Waals surface area contributed by atoms with Gasteiger partial charge in [0, 0.05) is 24.9 Å². The second-order valence-corrected chi connectivity index (χ2v) is 9.04. The molecule has 0 saturated carbocycles. The third-order valence-corrected chi connectivity index (χ3v) is 6.27. The maximum atomic E-state index is 12.8. The molecule has 4 rings (SSSR count). The Hall–Kier alpha value is -3.90. The Kier molecular flexibility index (Phi) is 9.28. The van der Waals surface area contributed by atoms with Crippen LogP contribution in [-0.4, -0.2) is 49.1 Å². The van der Waals surface area contributed by atoms with Crippen LogP contribution in [0.2, 0.25) is 0 Å². The first-order valence-corrected chi connectivity index (χ1v) is 12.6. The molecule has 0 aliphatic carbocycles. The molecular weight excluding hydrogens is 448 g/mol. The topological polar surface area (TPSA) is 73.5 Å². The van der Waals surface area contributed by atoms with Crippen LogP contribution in [0.25, 0.3) is 11.1 Å². The second-order valence-electron chi connectivity index (χ2n) is 9.04. The van der Waals surface area contributed by atoms with E-state index in [9.17, 15) is 9.59 Å². The van der Waals surface area contributed by atoms with Crippen molar-refractivity contribution in [1.29, 1.82) is 0 Å². The van der Waals surface area contributed by atoms with E-state index in [-0.39, 0.29) is 18.0 Å². The number of urea groups is 1. The number of amides is 3. The maximum Gasteiger partial charge on any atom is 0.319 e. The lowest BCUT2D eigenvalue weighted by Crippen LogP contribution is -2.38. The first-order valence-electron chi connectivity index (χ1n) is 12.6. The van der Waals surface area contributed by atoms with Gasteiger partial charge >= 0.3 is 6.03 Å². The van der Waals surface area contributed by atoms with Crippen LogP contribution in [0, 0.1) is 0 Å². The minimum absolute atomic E-state index is 0.147. The maximum absolute atomic E-state index is 12.8. The summed E-state index contributed by atoms with van der Waals surface area (Å²) in [5.74, 6) is -0.147. The molecule has 36 heavy (non-hydrogen) atoms. The Morgan fingerprint density at radius 1 is 0.833 bits per heavy atom. The van der Waals surface area contributed by atoms with Crippen LogP contribution >= 0.6 is 0 Å². The third kappa shape index (κ3) is 8.10. The van der Waals surface area contributed by atoms with Crippen molar-refractivity contribution in [2.24, 2.45) is 0 Å². The molecule has 1 unspecified atom stereocenters. The van der Waals surface area contributed by atoms with Gasteiger partial charge < -0.3 is 20.9 Å². The Labute approximate surface area is 213 Å². The minimum atomic E-state index is -0.333. The summed E-state index contributed by atoms with van der Waals surface area (Å²) in [5.41, 5.74) is 3.99. The monoisotopic (exact) mass is 482 g/mol. The van der Waals surface area contributed by atoms with Crippen LogP contribution in [0.15, 0.2) is 97.1 Å². The molecule has 1 saturated heterocycles. The number of rotatable bonds is 10. The van der Waals surface area contributed by atoms with E-state index in [2.05, 4.69) is 33.0 Å². The molecule has 1 heterocycles. The Bertz CT molecular complexity index is 1120. The van der Waals surface area contributed by atoms with Gasteiger partial charge in [-0.3, -0.25) is 4.79 Å². The molecule has 1 fully saturated rings. The zero-order valence-electron chi connectivity index (χ0n) is 20.5. The normalized spacial score (nSPS) is 14.4. The fraction of sp³-hybridized carbons (Fsp3) is 0.267. The molecule has 3 N–H and O–H groups in total. The zero-order valence-corrected chi connectivity index (χ0v) is 20.5. The lowest BCUT2D eigenvalue weighted by molar-refractivity contribution is -0.116. The van der Waals surface area contributed by atoms with Gasteiger partial charge in [-0.2, -0.15) is 0 Å². The predicted molar refractivity (Wildman–Crippen MR) is 146 cm³/mol. The summed E-state index contributed by atoms with van der Waals surface area (Å²) < 4.78 is 0. The van der Waals surface area contributed by atoms with Gasteiger partial charge in [-0.05, 0) is 61.2 Å². The van der Waals surface area contributed by atoms with Gasteiger partial charge in [0.25, 0.3) is 0 Å². The van der Waals surface area contributed by atoms with Crippen molar-refractivity contribution in [2.45, 2.75) is 25.3 Å². The molecule has 1 aliphatic rings. The smallest absolute Gasteiger partial charge is 0.319 e. The van der Waals surface area contributed by atoms with E-state index in [4.69, 9.17) is 0 Å². The van der Waals surface area contributed by atoms with E-state index in [1.54, 1.807) is 6.08 Å². The van der Waals surface area contributed by atoms with E-state index in [0.717, 1.165) is 36.3 Å². The molecule has 1 aliphatic heterocycles. The average molecular weight is 483 g/mol. The van der Waals surface area contributed by atoms with Crippen molar-refractivity contribution in [2.75, 3.05) is 31.5 Å². The highest BCUT2D eigenvalue weighted by atomic mass is 16.2. The number of likely N-dealkylation sites (tertiary alicyclic amines) is 1. The van der Waals surface area contributed by atoms with Crippen LogP contribution in [0.3, 0.4) is 0 Å². The number of nitrogens with one attached hydrogen (secondary N) is 3. The SMILES string of the molecule is O=C(/C=C/C(Cc1ccccc1)NC(=O)Nc1ccc(-c2ccccc2)cc1)NCCN1CCCC1. The summed E-state index contributed by atoms with van der Waals surface area (Å²) in [5, 5.41) is 8.84. The van der Waals surface area contributed by atoms with Crippen LogP contribution in [0.5, 0.6) is 0 Å². The summed E-state index contributed by atoms with van der Waals surface area (Å²) in [6, 6.07) is 27.1. The molecule has 1 atom stereocenters. The number of benzene rings is 3. The van der Waals surface area contributed by atoms with Crippen LogP contribution in [0.4, 0.5) is 10.5 Å². The highest BCUT2D eigenvalue weighted by Gasteiger charge is 2.13. The Balaban J connectivity index is 1.32. The molecule has 6 nitrogen and oxygen atoms in total. The average Bonchev–Trinajstić information content (AvgIpc) is 3.42. The fourth-order valence-electron chi connectivity index (χ4n) is 4.35. The first kappa shape index (κ1) is 25.2. The molecule has 0 spiro atoms. The molecule has 3 aromatic rings. The molecule has 186 valence electrons. The summed E-state index contributed by atoms with van der Waals surface area (Å²) in [4.78, 5) is 27.5. The summed E-state index contributed by atoms with van der Waals surface area (Å²) >= 11 is 0. The van der Waals surface area contributed by atoms with Gasteiger partial charge in [0.1, 0.15) is 0 Å². The zero-order chi connectivity index (χ0) is 25.0. The Morgan fingerprint density at radius 3 is 2.17 bits per heavy atom. The van der Waals surface area contributed by atoms with Gasteiger partial charge in [0.05, 0.1) is 6.04 Å². The number of hydrogen-bond donors (Lipinski definition) is 3. The van der Waals surface area contributed by atoms with E-state index >= 15 is 0 Å². The van der Waals surface area contributed by atoms with E-state index < -0.39 is 0 Å². The summed E-state index contributed by atoms with van der Waals surface area (Å²) in [6.45, 7) is 3.72. The van der Waals surface area contributed by atoms with Crippen molar-refractivity contribution in [3.05, 3.63) is 103 Å². The largest absolute Gasteiger partial charge is 0.351 e. The number of carbonyl (C=O) groups is 2. The van der Waals surface area contributed by atoms with Crippen molar-refractivity contribution >= 4 is 17.6 Å². The lowest BCUT2D eigenvalue weighted by atomic mass is 10.1. The predicted octanol–water partition coefficient (Wildman–Crippen LogP) is 4.85. The molecule has 6 heteroatoms. The Morgan fingerprint density at radius 2 is 1.47 bits per heavy atom. The molecule has 3 aromatic carbocycles. The van der Waals surface area contributed by atoms with E-state index in [1.807, 2.05) is 72.8 Å². The van der Waals surface area contributed by atoms with Crippen LogP contribution in [-0.2, 0) is 11.2 Å². The highest BCUT2D eigenvalue weighted by Crippen LogP contribution is 2.21. The second kappa shape index (κ2) is 13.3. The van der Waals surface area contributed by atoms with Crippen molar-refractivity contribution in [3.8, 4) is 11.1 Å². The van der Waals surface area contributed by atoms with Gasteiger partial charge in [-0.1, -0.05) is 78.9 Å². The molecular formula is C30H34N4O2. The number of carbonyl (C=O) groups excluding carboxylic acids is 2. The number of nitrogens with zero attached hydrogens (tertiary/aromatic N) is 1. The summed E-state index contributed by atoms with van der Waals surface area (Å²) in [7, 11) is 0. The number of anilines is 1. The van der Waals surface area contributed by atoms with Crippen molar-refractivity contribution in [3.63, 3.8) is 0 Å². The molecule has 3 amide bonds. The van der Waals surface area contributed by atoms with Crippen molar-refractivity contribution in [1.82, 2.24) is 15.5 Å². The van der Waals surface area contributed by atoms with Gasteiger partial charge in [0.2, 0.25) is 5.91 Å². The van der Waals surface area contributed by atoms with Gasteiger partial charge in [0.15, 0.2) is 0 Å². The van der Waals surface area contributed by atoms with E-state index in [1.165, 1.54) is 18.9 Å². The van der Waals surface area contributed by atoms with Crippen molar-refractivity contribution < 1.29 is 9.59 Å². The third-order valence-electron chi connectivity index (χ3n) is 6.27. The van der Waals surface area contributed by atoms with E-state index in [0.29, 0.717) is 18.7 Å². The summed E-state index contributed by atoms with van der Waals surface area (Å²) in [6.07, 6.45) is 6.33. The standard InChI is InChI=1S/C30H34N4O2/c35-29(31-19-22-34-20-7-8-21-34)18-17-28(23-24-9-3-1-4-10-24)33-30(36)32-27-15-13-26(14-16-27)25-11-5-2-6-12-25/h1-6,9-18,28H,7-8,19-23H2,(H,31,35)(H2,32,33,36)/b18-17+. The number of hydrogen-bond acceptors (Lipinski definition) is 3. The quantitative estimate of drug-likeness (QED) is 0.362. The molecule has 0 radical (unpaired) electrons. The minimum Gasteiger partial charge on any atom is -0.351 e. The van der Waals surface area contributed by atoms with Gasteiger partial charge in [-0.15, -0.1) is 0 Å².